The summed E-state index contributed by atoms with van der Waals surface area (Å²) in [7, 11) is 0. The molecule has 4 rings (SSSR count). The highest BCUT2D eigenvalue weighted by atomic mass is 35.5. The van der Waals surface area contributed by atoms with E-state index in [1.54, 1.807) is 23.1 Å². The lowest BCUT2D eigenvalue weighted by atomic mass is 10.1. The van der Waals surface area contributed by atoms with Crippen molar-refractivity contribution in [2.24, 2.45) is 0 Å². The van der Waals surface area contributed by atoms with E-state index < -0.39 is 23.3 Å². The van der Waals surface area contributed by atoms with Gasteiger partial charge in [0.05, 0.1) is 23.1 Å². The van der Waals surface area contributed by atoms with Gasteiger partial charge in [0.1, 0.15) is 5.82 Å². The number of carbonyl (C=O) groups excluding carboxylic acids is 1. The second-order valence-corrected chi connectivity index (χ2v) is 7.46. The largest absolute Gasteiger partial charge is 0.434 e. The summed E-state index contributed by atoms with van der Waals surface area (Å²) in [5.41, 5.74) is -1.19. The number of aromatic nitrogens is 2. The fourth-order valence-electron chi connectivity index (χ4n) is 3.61. The number of amides is 1. The molecule has 0 spiro atoms. The minimum absolute atomic E-state index is 0.100. The van der Waals surface area contributed by atoms with Crippen LogP contribution < -0.4 is 4.90 Å². The first kappa shape index (κ1) is 21.2. The predicted octanol–water partition coefficient (Wildman–Crippen LogP) is 4.65. The van der Waals surface area contributed by atoms with E-state index in [9.17, 15) is 22.4 Å². The second-order valence-electron chi connectivity index (χ2n) is 7.03. The number of piperazine rings is 1. The average molecular weight is 453 g/mol. The van der Waals surface area contributed by atoms with E-state index in [0.29, 0.717) is 23.5 Å². The molecule has 0 saturated carbocycles. The number of halogens is 5. The number of carbonyl (C=O) groups is 1. The van der Waals surface area contributed by atoms with Crippen LogP contribution in [-0.2, 0) is 6.18 Å². The zero-order valence-electron chi connectivity index (χ0n) is 16.1. The zero-order valence-corrected chi connectivity index (χ0v) is 16.9. The van der Waals surface area contributed by atoms with Crippen LogP contribution in [0.1, 0.15) is 16.1 Å². The molecule has 1 amide bonds. The van der Waals surface area contributed by atoms with E-state index >= 15 is 0 Å². The van der Waals surface area contributed by atoms with Crippen LogP contribution in [0.2, 0.25) is 5.02 Å². The first-order valence-corrected chi connectivity index (χ1v) is 9.83. The number of rotatable bonds is 3. The molecule has 31 heavy (non-hydrogen) atoms. The average Bonchev–Trinajstić information content (AvgIpc) is 3.20. The number of alkyl halides is 3. The Morgan fingerprint density at radius 3 is 2.35 bits per heavy atom. The number of nitrogens with zero attached hydrogens (tertiary/aromatic N) is 4. The van der Waals surface area contributed by atoms with Crippen LogP contribution in [-0.4, -0.2) is 46.8 Å². The van der Waals surface area contributed by atoms with Gasteiger partial charge in [0.2, 0.25) is 0 Å². The third-order valence-electron chi connectivity index (χ3n) is 5.08. The Hall–Kier alpha value is -3.07. The number of benzene rings is 2. The van der Waals surface area contributed by atoms with Crippen molar-refractivity contribution in [1.29, 1.82) is 0 Å². The normalized spacial score (nSPS) is 14.7. The lowest BCUT2D eigenvalue weighted by molar-refractivity contribution is -0.143. The Bertz CT molecular complexity index is 1110. The summed E-state index contributed by atoms with van der Waals surface area (Å²) in [5, 5.41) is 4.06. The summed E-state index contributed by atoms with van der Waals surface area (Å²) < 4.78 is 56.3. The van der Waals surface area contributed by atoms with Gasteiger partial charge in [0.25, 0.3) is 5.91 Å². The Kier molecular flexibility index (Phi) is 5.62. The molecule has 2 aromatic carbocycles. The van der Waals surface area contributed by atoms with Crippen molar-refractivity contribution in [3.8, 4) is 5.69 Å². The van der Waals surface area contributed by atoms with Gasteiger partial charge >= 0.3 is 6.18 Å². The van der Waals surface area contributed by atoms with Crippen LogP contribution in [0.25, 0.3) is 5.69 Å². The highest BCUT2D eigenvalue weighted by molar-refractivity contribution is 6.30. The summed E-state index contributed by atoms with van der Waals surface area (Å²) in [6.45, 7) is 0.923. The van der Waals surface area contributed by atoms with Crippen LogP contribution >= 0.6 is 11.6 Å². The maximum atomic E-state index is 14.0. The molecule has 0 atom stereocenters. The molecule has 0 aliphatic carbocycles. The van der Waals surface area contributed by atoms with E-state index in [-0.39, 0.29) is 29.6 Å². The van der Waals surface area contributed by atoms with Gasteiger partial charge in [-0.3, -0.25) is 4.79 Å². The zero-order chi connectivity index (χ0) is 22.2. The topological polar surface area (TPSA) is 41.4 Å². The number of para-hydroxylation sites is 1. The summed E-state index contributed by atoms with van der Waals surface area (Å²) in [5.74, 6) is -1.15. The van der Waals surface area contributed by atoms with Crippen LogP contribution in [0.15, 0.2) is 54.7 Å². The minimum Gasteiger partial charge on any atom is -0.366 e. The van der Waals surface area contributed by atoms with E-state index in [2.05, 4.69) is 5.10 Å². The van der Waals surface area contributed by atoms with Crippen LogP contribution in [0.5, 0.6) is 0 Å². The van der Waals surface area contributed by atoms with Gasteiger partial charge in [-0.05, 0) is 30.3 Å². The standard InChI is InChI=1S/C21H17ClF4N4O/c22-14-4-3-5-15(12-14)30-19(21(24,25)26)16(13-27-30)20(31)29-10-8-28(9-11-29)18-7-2-1-6-17(18)23/h1-7,12-13H,8-11H2. The molecule has 1 saturated heterocycles. The van der Waals surface area contributed by atoms with Crippen LogP contribution in [0.4, 0.5) is 23.2 Å². The molecule has 0 radical (unpaired) electrons. The highest BCUT2D eigenvalue weighted by Crippen LogP contribution is 2.35. The molecule has 1 aliphatic heterocycles. The van der Waals surface area contributed by atoms with Gasteiger partial charge in [-0.2, -0.15) is 18.3 Å². The SMILES string of the molecule is O=C(c1cnn(-c2cccc(Cl)c2)c1C(F)(F)F)N1CCN(c2ccccc2F)CC1. The van der Waals surface area contributed by atoms with Crippen molar-refractivity contribution < 1.29 is 22.4 Å². The van der Waals surface area contributed by atoms with Gasteiger partial charge in [-0.1, -0.05) is 29.8 Å². The third-order valence-corrected chi connectivity index (χ3v) is 5.32. The van der Waals surface area contributed by atoms with Crippen LogP contribution in [0.3, 0.4) is 0 Å². The van der Waals surface area contributed by atoms with Crippen LogP contribution in [0, 0.1) is 5.82 Å². The molecule has 3 aromatic rings. The molecule has 1 aromatic heterocycles. The summed E-state index contributed by atoms with van der Waals surface area (Å²) in [4.78, 5) is 16.0. The van der Waals surface area contributed by atoms with Crippen molar-refractivity contribution in [3.05, 3.63) is 76.8 Å². The van der Waals surface area contributed by atoms with Gasteiger partial charge in [0.15, 0.2) is 5.69 Å². The van der Waals surface area contributed by atoms with Crippen molar-refractivity contribution in [3.63, 3.8) is 0 Å². The molecule has 2 heterocycles. The Labute approximate surface area is 180 Å². The van der Waals surface area contributed by atoms with E-state index in [4.69, 9.17) is 11.6 Å². The van der Waals surface area contributed by atoms with Gasteiger partial charge in [-0.25, -0.2) is 9.07 Å². The van der Waals surface area contributed by atoms with Gasteiger partial charge in [-0.15, -0.1) is 0 Å². The summed E-state index contributed by atoms with van der Waals surface area (Å²) >= 11 is 5.90. The Morgan fingerprint density at radius 2 is 1.71 bits per heavy atom. The van der Waals surface area contributed by atoms with E-state index in [1.807, 2.05) is 0 Å². The van der Waals surface area contributed by atoms with Crippen molar-refractivity contribution in [2.75, 3.05) is 31.1 Å². The van der Waals surface area contributed by atoms with E-state index in [1.165, 1.54) is 35.2 Å². The second kappa shape index (κ2) is 8.22. The first-order chi connectivity index (χ1) is 14.8. The van der Waals surface area contributed by atoms with E-state index in [0.717, 1.165) is 6.20 Å². The molecule has 5 nitrogen and oxygen atoms in total. The minimum atomic E-state index is -4.81. The van der Waals surface area contributed by atoms with Gasteiger partial charge < -0.3 is 9.80 Å². The predicted molar refractivity (Wildman–Crippen MR) is 108 cm³/mol. The molecule has 10 heteroatoms. The molecular formula is C21H17ClF4N4O. The lowest BCUT2D eigenvalue weighted by Gasteiger charge is -2.36. The summed E-state index contributed by atoms with van der Waals surface area (Å²) in [6.07, 6.45) is -3.88. The van der Waals surface area contributed by atoms with Crippen molar-refractivity contribution >= 4 is 23.2 Å². The Balaban J connectivity index is 1.59. The number of hydrogen-bond donors (Lipinski definition) is 0. The number of hydrogen-bond acceptors (Lipinski definition) is 3. The maximum absolute atomic E-state index is 14.0. The van der Waals surface area contributed by atoms with Crippen molar-refractivity contribution in [2.45, 2.75) is 6.18 Å². The molecule has 1 aliphatic rings. The molecule has 1 fully saturated rings. The molecule has 0 N–H and O–H groups in total. The fraction of sp³-hybridized carbons (Fsp3) is 0.238. The smallest absolute Gasteiger partial charge is 0.366 e. The third kappa shape index (κ3) is 4.23. The van der Waals surface area contributed by atoms with Gasteiger partial charge in [0, 0.05) is 31.2 Å². The maximum Gasteiger partial charge on any atom is 0.434 e. The fourth-order valence-corrected chi connectivity index (χ4v) is 3.79. The Morgan fingerprint density at radius 1 is 1.00 bits per heavy atom. The monoisotopic (exact) mass is 452 g/mol. The molecule has 0 bridgehead atoms. The molecule has 0 unspecified atom stereocenters. The molecule has 162 valence electrons. The lowest BCUT2D eigenvalue weighted by Crippen LogP contribution is -2.49. The summed E-state index contributed by atoms with van der Waals surface area (Å²) in [6, 6.07) is 12.0. The molecular weight excluding hydrogens is 436 g/mol. The van der Waals surface area contributed by atoms with Crippen molar-refractivity contribution in [1.82, 2.24) is 14.7 Å². The number of anilines is 1. The first-order valence-electron chi connectivity index (χ1n) is 9.45. The highest BCUT2D eigenvalue weighted by Gasteiger charge is 2.41. The quantitative estimate of drug-likeness (QED) is 0.543.